The quantitative estimate of drug-likeness (QED) is 0.364. The lowest BCUT2D eigenvalue weighted by Crippen LogP contribution is -2.26. The predicted molar refractivity (Wildman–Crippen MR) is 131 cm³/mol. The van der Waals surface area contributed by atoms with Crippen LogP contribution in [0, 0.1) is 0 Å². The van der Waals surface area contributed by atoms with Crippen molar-refractivity contribution >= 4 is 23.3 Å². The maximum atomic E-state index is 13.3. The van der Waals surface area contributed by atoms with Gasteiger partial charge in [-0.25, -0.2) is 4.79 Å². The number of rotatable bonds is 8. The van der Waals surface area contributed by atoms with Crippen molar-refractivity contribution in [2.24, 2.45) is 0 Å². The van der Waals surface area contributed by atoms with E-state index < -0.39 is 5.97 Å². The highest BCUT2D eigenvalue weighted by Crippen LogP contribution is 2.26. The number of hydrogen-bond acceptors (Lipinski definition) is 3. The van der Waals surface area contributed by atoms with Crippen molar-refractivity contribution in [2.45, 2.75) is 13.1 Å². The second-order valence-corrected chi connectivity index (χ2v) is 7.65. The second kappa shape index (κ2) is 10.3. The lowest BCUT2D eigenvalue weighted by atomic mass is 10.1. The first-order chi connectivity index (χ1) is 16.1. The molecule has 4 aromatic rings. The molecule has 0 atom stereocenters. The molecule has 5 nitrogen and oxygen atoms in total. The van der Waals surface area contributed by atoms with Gasteiger partial charge in [0.1, 0.15) is 0 Å². The van der Waals surface area contributed by atoms with E-state index in [0.29, 0.717) is 18.7 Å². The third kappa shape index (κ3) is 5.46. The molecule has 1 amide bonds. The van der Waals surface area contributed by atoms with Crippen molar-refractivity contribution < 1.29 is 14.7 Å². The van der Waals surface area contributed by atoms with Crippen LogP contribution in [0.4, 0.5) is 11.4 Å². The Morgan fingerprint density at radius 1 is 0.636 bits per heavy atom. The summed E-state index contributed by atoms with van der Waals surface area (Å²) in [5.41, 5.74) is 3.82. The molecule has 0 spiro atoms. The Hall–Kier alpha value is -4.38. The number of amides is 1. The second-order valence-electron chi connectivity index (χ2n) is 7.65. The van der Waals surface area contributed by atoms with E-state index in [-0.39, 0.29) is 17.2 Å². The highest BCUT2D eigenvalue weighted by atomic mass is 16.4. The summed E-state index contributed by atoms with van der Waals surface area (Å²) in [6, 6.07) is 34.0. The highest BCUT2D eigenvalue weighted by Gasteiger charge is 2.19. The normalized spacial score (nSPS) is 10.4. The Morgan fingerprint density at radius 3 is 1.70 bits per heavy atom. The third-order valence-corrected chi connectivity index (χ3v) is 5.33. The van der Waals surface area contributed by atoms with E-state index in [0.717, 1.165) is 16.8 Å². The molecule has 0 unspecified atom stereocenters. The van der Waals surface area contributed by atoms with Gasteiger partial charge in [-0.2, -0.15) is 0 Å². The Labute approximate surface area is 192 Å². The van der Waals surface area contributed by atoms with E-state index in [2.05, 4.69) is 34.5 Å². The van der Waals surface area contributed by atoms with Gasteiger partial charge in [0.25, 0.3) is 5.91 Å². The van der Waals surface area contributed by atoms with Crippen molar-refractivity contribution in [2.75, 3.05) is 10.2 Å². The molecule has 164 valence electrons. The van der Waals surface area contributed by atoms with Gasteiger partial charge < -0.3 is 15.3 Å². The monoisotopic (exact) mass is 436 g/mol. The predicted octanol–water partition coefficient (Wildman–Crippen LogP) is 5.84. The molecule has 2 N–H and O–H groups in total. The lowest BCUT2D eigenvalue weighted by molar-refractivity contribution is 0.0698. The van der Waals surface area contributed by atoms with Crippen LogP contribution in [-0.4, -0.2) is 17.0 Å². The maximum Gasteiger partial charge on any atom is 0.337 e. The average Bonchev–Trinajstić information content (AvgIpc) is 2.85. The molecule has 0 heterocycles. The number of carbonyl (C=O) groups excluding carboxylic acids is 1. The van der Waals surface area contributed by atoms with E-state index >= 15 is 0 Å². The minimum Gasteiger partial charge on any atom is -0.478 e. The Morgan fingerprint density at radius 2 is 1.12 bits per heavy atom. The Bertz CT molecular complexity index is 1200. The zero-order valence-corrected chi connectivity index (χ0v) is 18.0. The van der Waals surface area contributed by atoms with E-state index in [1.54, 1.807) is 24.3 Å². The van der Waals surface area contributed by atoms with Crippen LogP contribution >= 0.6 is 0 Å². The molecule has 4 aromatic carbocycles. The smallest absolute Gasteiger partial charge is 0.337 e. The van der Waals surface area contributed by atoms with E-state index in [1.807, 2.05) is 54.6 Å². The van der Waals surface area contributed by atoms with Gasteiger partial charge >= 0.3 is 5.97 Å². The maximum absolute atomic E-state index is 13.3. The van der Waals surface area contributed by atoms with Crippen LogP contribution in [-0.2, 0) is 13.1 Å². The van der Waals surface area contributed by atoms with Gasteiger partial charge in [0.05, 0.1) is 22.5 Å². The summed E-state index contributed by atoms with van der Waals surface area (Å²) in [5.74, 6) is -1.45. The fourth-order valence-electron chi connectivity index (χ4n) is 3.74. The van der Waals surface area contributed by atoms with Crippen LogP contribution in [0.15, 0.2) is 109 Å². The molecule has 0 radical (unpaired) electrons. The van der Waals surface area contributed by atoms with Crippen LogP contribution in [0.1, 0.15) is 31.8 Å². The molecule has 5 heteroatoms. The summed E-state index contributed by atoms with van der Waals surface area (Å²) >= 11 is 0. The summed E-state index contributed by atoms with van der Waals surface area (Å²) in [7, 11) is 0. The first-order valence-electron chi connectivity index (χ1n) is 10.7. The van der Waals surface area contributed by atoms with Gasteiger partial charge in [-0.05, 0) is 35.4 Å². The first kappa shape index (κ1) is 21.8. The number of nitrogens with zero attached hydrogens (tertiary/aromatic N) is 1. The molecular formula is C28H24N2O3. The lowest BCUT2D eigenvalue weighted by Gasteiger charge is -2.27. The number of carboxylic acid groups (broad SMARTS) is 1. The Balaban J connectivity index is 1.68. The molecule has 33 heavy (non-hydrogen) atoms. The van der Waals surface area contributed by atoms with Gasteiger partial charge in [-0.3, -0.25) is 4.79 Å². The highest BCUT2D eigenvalue weighted by molar-refractivity contribution is 6.10. The molecule has 0 aromatic heterocycles. The number of para-hydroxylation sites is 2. The topological polar surface area (TPSA) is 69.6 Å². The fourth-order valence-corrected chi connectivity index (χ4v) is 3.74. The van der Waals surface area contributed by atoms with Crippen LogP contribution in [0.25, 0.3) is 0 Å². The van der Waals surface area contributed by atoms with Gasteiger partial charge in [0.15, 0.2) is 0 Å². The molecule has 4 rings (SSSR count). The molecule has 0 bridgehead atoms. The average molecular weight is 437 g/mol. The van der Waals surface area contributed by atoms with Crippen LogP contribution < -0.4 is 10.2 Å². The summed E-state index contributed by atoms with van der Waals surface area (Å²) in [6.07, 6.45) is 0. The standard InChI is InChI=1S/C28H24N2O3/c31-27(29-25-17-9-7-15-23(25)28(32)33)24-16-8-10-18-26(24)30(19-21-11-3-1-4-12-21)20-22-13-5-2-6-14-22/h1-18H,19-20H2,(H,29,31)(H,32,33). The molecule has 0 saturated carbocycles. The van der Waals surface area contributed by atoms with Gasteiger partial charge in [-0.1, -0.05) is 84.9 Å². The number of carbonyl (C=O) groups is 2. The molecule has 0 aliphatic carbocycles. The Kier molecular flexibility index (Phi) is 6.81. The van der Waals surface area contributed by atoms with Crippen molar-refractivity contribution in [1.82, 2.24) is 0 Å². The largest absolute Gasteiger partial charge is 0.478 e. The van der Waals surface area contributed by atoms with Crippen molar-refractivity contribution in [1.29, 1.82) is 0 Å². The SMILES string of the molecule is O=C(O)c1ccccc1NC(=O)c1ccccc1N(Cc1ccccc1)Cc1ccccc1. The number of benzene rings is 4. The number of carboxylic acids is 1. The van der Waals surface area contributed by atoms with Gasteiger partial charge in [0, 0.05) is 13.1 Å². The summed E-state index contributed by atoms with van der Waals surface area (Å²) in [5, 5.41) is 12.2. The number of hydrogen-bond donors (Lipinski definition) is 2. The molecule has 0 aliphatic heterocycles. The third-order valence-electron chi connectivity index (χ3n) is 5.33. The van der Waals surface area contributed by atoms with Crippen LogP contribution in [0.3, 0.4) is 0 Å². The van der Waals surface area contributed by atoms with Crippen molar-refractivity contribution in [3.8, 4) is 0 Å². The van der Waals surface area contributed by atoms with Crippen molar-refractivity contribution in [3.63, 3.8) is 0 Å². The fraction of sp³-hybridized carbons (Fsp3) is 0.0714. The zero-order valence-electron chi connectivity index (χ0n) is 18.0. The number of anilines is 2. The minimum absolute atomic E-state index is 0.0498. The van der Waals surface area contributed by atoms with Crippen LogP contribution in [0.2, 0.25) is 0 Å². The van der Waals surface area contributed by atoms with Gasteiger partial charge in [-0.15, -0.1) is 0 Å². The minimum atomic E-state index is -1.09. The first-order valence-corrected chi connectivity index (χ1v) is 10.7. The van der Waals surface area contributed by atoms with E-state index in [9.17, 15) is 14.7 Å². The molecular weight excluding hydrogens is 412 g/mol. The molecule has 0 saturated heterocycles. The zero-order chi connectivity index (χ0) is 23.0. The summed E-state index contributed by atoms with van der Waals surface area (Å²) in [6.45, 7) is 1.23. The van der Waals surface area contributed by atoms with E-state index in [1.165, 1.54) is 6.07 Å². The number of aromatic carboxylic acids is 1. The van der Waals surface area contributed by atoms with Gasteiger partial charge in [0.2, 0.25) is 0 Å². The van der Waals surface area contributed by atoms with Crippen LogP contribution in [0.5, 0.6) is 0 Å². The van der Waals surface area contributed by atoms with Crippen molar-refractivity contribution in [3.05, 3.63) is 131 Å². The summed E-state index contributed by atoms with van der Waals surface area (Å²) in [4.78, 5) is 27.0. The summed E-state index contributed by atoms with van der Waals surface area (Å²) < 4.78 is 0. The molecule has 0 aliphatic rings. The molecule has 0 fully saturated rings. The van der Waals surface area contributed by atoms with E-state index in [4.69, 9.17) is 0 Å². The number of nitrogens with one attached hydrogen (secondary N) is 1.